The minimum atomic E-state index is 0.327. The van der Waals surface area contributed by atoms with Gasteiger partial charge in [-0.25, -0.2) is 0 Å². The van der Waals surface area contributed by atoms with Gasteiger partial charge in [0.1, 0.15) is 29.7 Å². The second kappa shape index (κ2) is 7.26. The number of halogens is 1. The smallest absolute Gasteiger partial charge is 0.129 e. The third-order valence-electron chi connectivity index (χ3n) is 2.56. The second-order valence-corrected chi connectivity index (χ2v) is 5.37. The standard InChI is InChI=1S/C15H14BrNO2S/c16-11-4-3-5-12(10-11)18-8-9-19-14-7-2-1-6-13(14)15(17)20/h1-7,10H,8-9H2,(H2,17,20). The van der Waals surface area contributed by atoms with Crippen molar-refractivity contribution < 1.29 is 9.47 Å². The number of ether oxygens (including phenoxy) is 2. The fraction of sp³-hybridized carbons (Fsp3) is 0.133. The molecule has 2 aromatic rings. The number of benzene rings is 2. The molecular formula is C15H14BrNO2S. The lowest BCUT2D eigenvalue weighted by atomic mass is 10.2. The quantitative estimate of drug-likeness (QED) is 0.638. The average Bonchev–Trinajstić information content (AvgIpc) is 2.44. The van der Waals surface area contributed by atoms with Gasteiger partial charge >= 0.3 is 0 Å². The van der Waals surface area contributed by atoms with Crippen LogP contribution in [0, 0.1) is 0 Å². The zero-order valence-electron chi connectivity index (χ0n) is 10.7. The first-order valence-electron chi connectivity index (χ1n) is 6.07. The number of thiocarbonyl (C=S) groups is 1. The van der Waals surface area contributed by atoms with Crippen LogP contribution in [0.1, 0.15) is 5.56 Å². The van der Waals surface area contributed by atoms with E-state index >= 15 is 0 Å². The van der Waals surface area contributed by atoms with E-state index in [1.807, 2.05) is 48.5 Å². The van der Waals surface area contributed by atoms with Crippen molar-refractivity contribution in [3.8, 4) is 11.5 Å². The third-order valence-corrected chi connectivity index (χ3v) is 3.27. The summed E-state index contributed by atoms with van der Waals surface area (Å²) in [6, 6.07) is 15.1. The van der Waals surface area contributed by atoms with Crippen LogP contribution < -0.4 is 15.2 Å². The molecule has 0 aliphatic rings. The molecule has 0 bridgehead atoms. The highest BCUT2D eigenvalue weighted by atomic mass is 79.9. The van der Waals surface area contributed by atoms with Crippen LogP contribution >= 0.6 is 28.1 Å². The maximum Gasteiger partial charge on any atom is 0.129 e. The van der Waals surface area contributed by atoms with E-state index in [0.717, 1.165) is 15.8 Å². The summed E-state index contributed by atoms with van der Waals surface area (Å²) < 4.78 is 12.2. The Morgan fingerprint density at radius 3 is 2.55 bits per heavy atom. The number of hydrogen-bond acceptors (Lipinski definition) is 3. The van der Waals surface area contributed by atoms with Crippen LogP contribution in [0.15, 0.2) is 53.0 Å². The van der Waals surface area contributed by atoms with Crippen LogP contribution in [0.5, 0.6) is 11.5 Å². The molecule has 0 aliphatic carbocycles. The Morgan fingerprint density at radius 1 is 1.05 bits per heavy atom. The van der Waals surface area contributed by atoms with Gasteiger partial charge in [-0.05, 0) is 30.3 Å². The minimum Gasteiger partial charge on any atom is -0.490 e. The molecular weight excluding hydrogens is 338 g/mol. The highest BCUT2D eigenvalue weighted by molar-refractivity contribution is 9.10. The van der Waals surface area contributed by atoms with Gasteiger partial charge in [0, 0.05) is 4.47 Å². The van der Waals surface area contributed by atoms with Crippen LogP contribution in [-0.4, -0.2) is 18.2 Å². The van der Waals surface area contributed by atoms with Gasteiger partial charge in [0.15, 0.2) is 0 Å². The first kappa shape index (κ1) is 14.8. The average molecular weight is 352 g/mol. The topological polar surface area (TPSA) is 44.5 Å². The van der Waals surface area contributed by atoms with Crippen molar-refractivity contribution in [3.05, 3.63) is 58.6 Å². The molecule has 5 heteroatoms. The van der Waals surface area contributed by atoms with Gasteiger partial charge in [-0.2, -0.15) is 0 Å². The molecule has 3 nitrogen and oxygen atoms in total. The Morgan fingerprint density at radius 2 is 1.80 bits per heavy atom. The number of hydrogen-bond donors (Lipinski definition) is 1. The van der Waals surface area contributed by atoms with Crippen LogP contribution in [0.2, 0.25) is 0 Å². The Kier molecular flexibility index (Phi) is 5.38. The first-order valence-corrected chi connectivity index (χ1v) is 7.27. The van der Waals surface area contributed by atoms with Crippen molar-refractivity contribution in [1.82, 2.24) is 0 Å². The summed E-state index contributed by atoms with van der Waals surface area (Å²) >= 11 is 8.37. The fourth-order valence-electron chi connectivity index (χ4n) is 1.66. The lowest BCUT2D eigenvalue weighted by Gasteiger charge is -2.11. The molecule has 2 N–H and O–H groups in total. The van der Waals surface area contributed by atoms with Crippen LogP contribution in [0.4, 0.5) is 0 Å². The molecule has 2 rings (SSSR count). The monoisotopic (exact) mass is 351 g/mol. The van der Waals surface area contributed by atoms with Crippen molar-refractivity contribution in [3.63, 3.8) is 0 Å². The highest BCUT2D eigenvalue weighted by Gasteiger charge is 2.05. The van der Waals surface area contributed by atoms with E-state index in [2.05, 4.69) is 15.9 Å². The van der Waals surface area contributed by atoms with Crippen molar-refractivity contribution in [1.29, 1.82) is 0 Å². The van der Waals surface area contributed by atoms with Crippen LogP contribution in [0.25, 0.3) is 0 Å². The van der Waals surface area contributed by atoms with Crippen LogP contribution in [-0.2, 0) is 0 Å². The molecule has 104 valence electrons. The summed E-state index contributed by atoms with van der Waals surface area (Å²) in [4.78, 5) is 0.327. The lowest BCUT2D eigenvalue weighted by Crippen LogP contribution is -2.14. The van der Waals surface area contributed by atoms with E-state index < -0.39 is 0 Å². The maximum absolute atomic E-state index is 5.65. The Labute approximate surface area is 131 Å². The van der Waals surface area contributed by atoms with Crippen molar-refractivity contribution >= 4 is 33.1 Å². The Bertz CT molecular complexity index is 604. The van der Waals surface area contributed by atoms with Gasteiger partial charge in [-0.3, -0.25) is 0 Å². The summed E-state index contributed by atoms with van der Waals surface area (Å²) in [5.74, 6) is 1.48. The van der Waals surface area contributed by atoms with E-state index in [1.165, 1.54) is 0 Å². The van der Waals surface area contributed by atoms with Crippen LogP contribution in [0.3, 0.4) is 0 Å². The maximum atomic E-state index is 5.65. The summed E-state index contributed by atoms with van der Waals surface area (Å²) in [5, 5.41) is 0. The zero-order valence-corrected chi connectivity index (χ0v) is 13.1. The third kappa shape index (κ3) is 4.21. The largest absolute Gasteiger partial charge is 0.490 e. The minimum absolute atomic E-state index is 0.327. The van der Waals surface area contributed by atoms with Crippen molar-refractivity contribution in [2.24, 2.45) is 5.73 Å². The molecule has 2 aromatic carbocycles. The SMILES string of the molecule is NC(=S)c1ccccc1OCCOc1cccc(Br)c1. The molecule has 0 amide bonds. The van der Waals surface area contributed by atoms with Gasteiger partial charge in [-0.15, -0.1) is 0 Å². The Balaban J connectivity index is 1.86. The van der Waals surface area contributed by atoms with Gasteiger partial charge in [-0.1, -0.05) is 46.3 Å². The molecule has 0 heterocycles. The van der Waals surface area contributed by atoms with Gasteiger partial charge < -0.3 is 15.2 Å². The summed E-state index contributed by atoms with van der Waals surface area (Å²) in [7, 11) is 0. The van der Waals surface area contributed by atoms with Gasteiger partial charge in [0.2, 0.25) is 0 Å². The zero-order chi connectivity index (χ0) is 14.4. The molecule has 0 aromatic heterocycles. The number of rotatable bonds is 6. The first-order chi connectivity index (χ1) is 9.66. The number of nitrogens with two attached hydrogens (primary N) is 1. The molecule has 0 saturated heterocycles. The molecule has 0 saturated carbocycles. The van der Waals surface area contributed by atoms with Gasteiger partial charge in [0.25, 0.3) is 0 Å². The van der Waals surface area contributed by atoms with Gasteiger partial charge in [0.05, 0.1) is 5.56 Å². The lowest BCUT2D eigenvalue weighted by molar-refractivity contribution is 0.217. The second-order valence-electron chi connectivity index (χ2n) is 4.01. The molecule has 0 atom stereocenters. The molecule has 0 unspecified atom stereocenters. The van der Waals surface area contributed by atoms with E-state index in [-0.39, 0.29) is 0 Å². The summed E-state index contributed by atoms with van der Waals surface area (Å²) in [6.45, 7) is 0.869. The van der Waals surface area contributed by atoms with Crippen molar-refractivity contribution in [2.45, 2.75) is 0 Å². The molecule has 0 radical (unpaired) electrons. The normalized spacial score (nSPS) is 10.1. The molecule has 0 aliphatic heterocycles. The van der Waals surface area contributed by atoms with E-state index in [1.54, 1.807) is 0 Å². The predicted molar refractivity (Wildman–Crippen MR) is 87.5 cm³/mol. The van der Waals surface area contributed by atoms with Crippen molar-refractivity contribution in [2.75, 3.05) is 13.2 Å². The highest BCUT2D eigenvalue weighted by Crippen LogP contribution is 2.19. The summed E-state index contributed by atoms with van der Waals surface area (Å²) in [5.41, 5.74) is 6.38. The summed E-state index contributed by atoms with van der Waals surface area (Å²) in [6.07, 6.45) is 0. The molecule has 0 spiro atoms. The van der Waals surface area contributed by atoms with E-state index in [0.29, 0.717) is 24.0 Å². The fourth-order valence-corrected chi connectivity index (χ4v) is 2.21. The molecule has 20 heavy (non-hydrogen) atoms. The van der Waals surface area contributed by atoms with E-state index in [9.17, 15) is 0 Å². The van der Waals surface area contributed by atoms with E-state index in [4.69, 9.17) is 27.4 Å². The Hall–Kier alpha value is -1.59. The number of para-hydroxylation sites is 1. The molecule has 0 fully saturated rings. The predicted octanol–water partition coefficient (Wildman–Crippen LogP) is 3.54.